The van der Waals surface area contributed by atoms with Crippen molar-refractivity contribution in [3.05, 3.63) is 202 Å². The summed E-state index contributed by atoms with van der Waals surface area (Å²) in [7, 11) is 0. The van der Waals surface area contributed by atoms with Gasteiger partial charge in [0, 0.05) is 61.3 Å². The molecule has 24 nitrogen and oxygen atoms in total. The van der Waals surface area contributed by atoms with E-state index in [2.05, 4.69) is 16.0 Å². The summed E-state index contributed by atoms with van der Waals surface area (Å²) in [5, 5.41) is 83.8. The van der Waals surface area contributed by atoms with Crippen molar-refractivity contribution in [1.29, 1.82) is 0 Å². The summed E-state index contributed by atoms with van der Waals surface area (Å²) in [5.74, 6) is -0.781. The molecule has 3 heterocycles. The fraction of sp³-hybridized carbons (Fsp3) is 0.345. The third-order valence-electron chi connectivity index (χ3n) is 13.3. The minimum absolute atomic E-state index is 0.0347. The maximum absolute atomic E-state index is 14.7. The van der Waals surface area contributed by atoms with Gasteiger partial charge in [0.25, 0.3) is 5.54 Å². The Balaban J connectivity index is 1.57. The highest BCUT2D eigenvalue weighted by atomic mass is 16.6. The van der Waals surface area contributed by atoms with Gasteiger partial charge in [0.05, 0.1) is 36.9 Å². The number of nitrogens with zero attached hydrogens (tertiary/aromatic N) is 4. The average Bonchev–Trinajstić information content (AvgIpc) is 3.47. The van der Waals surface area contributed by atoms with Crippen LogP contribution in [0, 0.1) is 10.1 Å². The van der Waals surface area contributed by atoms with Crippen LogP contribution in [0.4, 0.5) is 14.4 Å². The van der Waals surface area contributed by atoms with Gasteiger partial charge in [-0.15, -0.1) is 0 Å². The molecule has 3 aromatic heterocycles. The molecule has 3 aromatic carbocycles. The lowest BCUT2D eigenvalue weighted by molar-refractivity contribution is -0.585. The van der Waals surface area contributed by atoms with Crippen LogP contribution in [-0.2, 0) is 58.7 Å². The van der Waals surface area contributed by atoms with E-state index in [-0.39, 0.29) is 73.8 Å². The number of ether oxygens (including phenoxy) is 3. The van der Waals surface area contributed by atoms with E-state index in [0.717, 1.165) is 0 Å². The summed E-state index contributed by atoms with van der Waals surface area (Å²) in [5.41, 5.74) is -3.08. The van der Waals surface area contributed by atoms with Gasteiger partial charge in [-0.2, -0.15) is 0 Å². The first-order valence-corrected chi connectivity index (χ1v) is 25.2. The topological polar surface area (TPSA) is 346 Å². The Labute approximate surface area is 451 Å². The van der Waals surface area contributed by atoms with E-state index in [1.54, 1.807) is 91.0 Å². The number of carbonyl (C=O) groups is 3. The second kappa shape index (κ2) is 28.9. The minimum Gasteiger partial charge on any atom is -0.483 e. The summed E-state index contributed by atoms with van der Waals surface area (Å²) in [6.45, 7) is -2.32. The summed E-state index contributed by atoms with van der Waals surface area (Å²) in [6.07, 6.45) is -5.03. The maximum Gasteiger partial charge on any atom is 0.405 e. The van der Waals surface area contributed by atoms with Crippen LogP contribution in [0.3, 0.4) is 0 Å². The number of hydrogen-bond acceptors (Lipinski definition) is 14. The van der Waals surface area contributed by atoms with E-state index in [9.17, 15) is 69.5 Å². The Bertz CT molecular complexity index is 2850. The Morgan fingerprint density at radius 1 is 0.481 bits per heavy atom. The van der Waals surface area contributed by atoms with Crippen LogP contribution in [0.25, 0.3) is 0 Å². The lowest BCUT2D eigenvalue weighted by atomic mass is 9.71. The quantitative estimate of drug-likeness (QED) is 0.0219. The smallest absolute Gasteiger partial charge is 0.405 e. The van der Waals surface area contributed by atoms with Gasteiger partial charge in [0.2, 0.25) is 16.3 Å². The molecule has 0 saturated heterocycles. The molecule has 3 atom stereocenters. The minimum atomic E-state index is -3.15. The molecular formula is C55H63N7O17. The molecule has 0 saturated carbocycles. The molecule has 0 aliphatic rings. The molecule has 0 spiro atoms. The number of hydrogen-bond donors (Lipinski definition) is 9. The Hall–Kier alpha value is -9.00. The van der Waals surface area contributed by atoms with Crippen molar-refractivity contribution in [3.8, 4) is 17.2 Å². The Kier molecular flexibility index (Phi) is 21.7. The molecule has 420 valence electrons. The highest BCUT2D eigenvalue weighted by Crippen LogP contribution is 2.35. The number of aliphatic hydroxyl groups excluding tert-OH is 3. The largest absolute Gasteiger partial charge is 0.483 e. The van der Waals surface area contributed by atoms with Crippen molar-refractivity contribution >= 4 is 18.3 Å². The van der Waals surface area contributed by atoms with E-state index in [4.69, 9.17) is 14.2 Å². The number of aliphatic hydroxyl groups is 3. The van der Waals surface area contributed by atoms with Crippen LogP contribution < -0.4 is 46.4 Å². The van der Waals surface area contributed by atoms with Gasteiger partial charge in [0.15, 0.2) is 17.2 Å². The van der Waals surface area contributed by atoms with Gasteiger partial charge in [-0.1, -0.05) is 91.0 Å². The summed E-state index contributed by atoms with van der Waals surface area (Å²) in [4.78, 5) is 94.4. The van der Waals surface area contributed by atoms with Gasteiger partial charge in [0.1, 0.15) is 37.9 Å². The summed E-state index contributed by atoms with van der Waals surface area (Å²) < 4.78 is 22.5. The fourth-order valence-electron chi connectivity index (χ4n) is 9.82. The van der Waals surface area contributed by atoms with Gasteiger partial charge in [-0.3, -0.25) is 24.5 Å². The van der Waals surface area contributed by atoms with Crippen LogP contribution >= 0.6 is 0 Å². The molecular weight excluding hydrogens is 1030 g/mol. The van der Waals surface area contributed by atoms with E-state index in [1.165, 1.54) is 50.5 Å². The molecule has 0 aliphatic carbocycles. The fourth-order valence-corrected chi connectivity index (χ4v) is 9.82. The van der Waals surface area contributed by atoms with Crippen LogP contribution in [0.2, 0.25) is 0 Å². The number of nitrogens with one attached hydrogen (secondary N) is 3. The van der Waals surface area contributed by atoms with E-state index in [0.29, 0.717) is 16.7 Å². The monoisotopic (exact) mass is 1090 g/mol. The first-order chi connectivity index (χ1) is 38.1. The van der Waals surface area contributed by atoms with Gasteiger partial charge >= 0.3 is 18.3 Å². The van der Waals surface area contributed by atoms with Crippen LogP contribution in [0.1, 0.15) is 53.0 Å². The highest BCUT2D eigenvalue weighted by Gasteiger charge is 2.63. The second-order valence-electron chi connectivity index (χ2n) is 18.2. The SMILES string of the molecule is O=C(O)NC(CCc1c(OCc2ccccc2)c(=O)ccn1CCO)C(C(CCc1c(OCc2ccccc2)c(=O)ccn1CCO)NC(=O)O)(C(CCc1c(OCc2ccccc2)c(=O)ccn1CCO)NC(=O)O)[N+](=O)[O-]. The third kappa shape index (κ3) is 15.6. The Morgan fingerprint density at radius 2 is 0.747 bits per heavy atom. The predicted molar refractivity (Wildman–Crippen MR) is 285 cm³/mol. The van der Waals surface area contributed by atoms with Crippen molar-refractivity contribution < 1.29 is 64.2 Å². The molecule has 79 heavy (non-hydrogen) atoms. The van der Waals surface area contributed by atoms with Crippen LogP contribution in [0.5, 0.6) is 17.2 Å². The van der Waals surface area contributed by atoms with Gasteiger partial charge < -0.3 is 74.5 Å². The van der Waals surface area contributed by atoms with Crippen molar-refractivity contribution in [1.82, 2.24) is 29.7 Å². The molecule has 0 radical (unpaired) electrons. The molecule has 6 aromatic rings. The van der Waals surface area contributed by atoms with Crippen molar-refractivity contribution in [2.45, 2.75) is 102 Å². The average molecular weight is 1090 g/mol. The van der Waals surface area contributed by atoms with E-state index < -0.39 is 121 Å². The Morgan fingerprint density at radius 3 is 0.975 bits per heavy atom. The van der Waals surface area contributed by atoms with E-state index in [1.807, 2.05) is 0 Å². The third-order valence-corrected chi connectivity index (χ3v) is 13.3. The van der Waals surface area contributed by atoms with Crippen LogP contribution in [0.15, 0.2) is 142 Å². The maximum atomic E-state index is 14.7. The molecule has 24 heteroatoms. The van der Waals surface area contributed by atoms with E-state index >= 15 is 0 Å². The lowest BCUT2D eigenvalue weighted by Crippen LogP contribution is -2.75. The number of nitro groups is 1. The molecule has 0 fully saturated rings. The number of rotatable bonds is 31. The number of amides is 3. The molecule has 3 unspecified atom stereocenters. The summed E-state index contributed by atoms with van der Waals surface area (Å²) >= 11 is 0. The first kappa shape index (κ1) is 59.2. The lowest BCUT2D eigenvalue weighted by Gasteiger charge is -2.43. The van der Waals surface area contributed by atoms with Crippen molar-refractivity contribution in [3.63, 3.8) is 0 Å². The van der Waals surface area contributed by atoms with Crippen molar-refractivity contribution in [2.24, 2.45) is 0 Å². The highest BCUT2D eigenvalue weighted by molar-refractivity contribution is 5.68. The second-order valence-corrected chi connectivity index (χ2v) is 18.2. The zero-order valence-electron chi connectivity index (χ0n) is 42.9. The zero-order chi connectivity index (χ0) is 56.9. The first-order valence-electron chi connectivity index (χ1n) is 25.2. The van der Waals surface area contributed by atoms with Gasteiger partial charge in [-0.05, 0) is 55.2 Å². The normalized spacial score (nSPS) is 13.0. The number of pyridine rings is 3. The standard InChI is InChI=1S/C55H63N7O17/c63-31-28-59-25-22-43(66)49(77-34-37-10-4-1-5-11-37)40(59)16-19-46(56-52(69)70)55(62(75)76,47(57-53(71)72)20-17-41-50(44(67)23-26-60(41)29-32-64)78-35-38-12-6-2-7-13-38)48(58-54(73)74)21-18-42-51(45(68)24-27-61(42)30-33-65)79-36-39-14-8-3-9-15-39/h1-15,22-27,46-48,56-58,63-65H,16-21,28-36H2,(H,69,70)(H,71,72)(H,73,74). The van der Waals surface area contributed by atoms with Crippen LogP contribution in [-0.4, -0.2) is 111 Å². The molecule has 0 bridgehead atoms. The number of carboxylic acid groups (broad SMARTS) is 3. The van der Waals surface area contributed by atoms with Gasteiger partial charge in [-0.25, -0.2) is 14.4 Å². The molecule has 9 N–H and O–H groups in total. The van der Waals surface area contributed by atoms with Crippen molar-refractivity contribution in [2.75, 3.05) is 19.8 Å². The molecule has 3 amide bonds. The molecule has 0 aliphatic heterocycles. The zero-order valence-corrected chi connectivity index (χ0v) is 42.9. The molecule has 6 rings (SSSR count). The number of aromatic nitrogens is 3. The number of benzene rings is 3. The summed E-state index contributed by atoms with van der Waals surface area (Å²) in [6, 6.07) is 23.2. The predicted octanol–water partition coefficient (Wildman–Crippen LogP) is 4.01.